The summed E-state index contributed by atoms with van der Waals surface area (Å²) in [6, 6.07) is 12.6. The molecule has 0 unspecified atom stereocenters. The van der Waals surface area contributed by atoms with Crippen LogP contribution in [0.15, 0.2) is 40.8 Å². The van der Waals surface area contributed by atoms with E-state index in [9.17, 15) is 0 Å². The number of oxazole rings is 1. The number of ether oxygens (including phenoxy) is 2. The zero-order chi connectivity index (χ0) is 16.0. The number of nitrogens with zero attached hydrogens (tertiary/aromatic N) is 1. The van der Waals surface area contributed by atoms with Gasteiger partial charge in [0.2, 0.25) is 5.58 Å². The van der Waals surface area contributed by atoms with Crippen LogP contribution in [0.5, 0.6) is 0 Å². The lowest BCUT2D eigenvalue weighted by Crippen LogP contribution is -2.47. The third-order valence-electron chi connectivity index (χ3n) is 4.60. The van der Waals surface area contributed by atoms with E-state index < -0.39 is 0 Å². The molecule has 3 aromatic rings. The lowest BCUT2D eigenvalue weighted by molar-refractivity contribution is -0.697. The molecule has 2 aromatic carbocycles. The van der Waals surface area contributed by atoms with Crippen molar-refractivity contribution in [1.82, 2.24) is 0 Å². The molecule has 0 saturated carbocycles. The summed E-state index contributed by atoms with van der Waals surface area (Å²) in [4.78, 5) is 0. The summed E-state index contributed by atoms with van der Waals surface area (Å²) in [6.45, 7) is 8.50. The van der Waals surface area contributed by atoms with Crippen LogP contribution in [0.4, 0.5) is 0 Å². The molecule has 0 atom stereocenters. The molecule has 4 heteroatoms. The maximum Gasteiger partial charge on any atom is 0.344 e. The molecule has 0 N–H and O–H groups in total. The Labute approximate surface area is 135 Å². The Balaban J connectivity index is 1.81. The van der Waals surface area contributed by atoms with Crippen molar-refractivity contribution in [1.29, 1.82) is 0 Å². The predicted molar refractivity (Wildman–Crippen MR) is 88.1 cm³/mol. The van der Waals surface area contributed by atoms with Crippen molar-refractivity contribution in [2.24, 2.45) is 5.41 Å². The molecule has 0 aliphatic carbocycles. The number of hydrogen-bond acceptors (Lipinski definition) is 3. The summed E-state index contributed by atoms with van der Waals surface area (Å²) in [6.07, 6.45) is -0.167. The Morgan fingerprint density at radius 2 is 1.83 bits per heavy atom. The highest BCUT2D eigenvalue weighted by atomic mass is 16.7. The van der Waals surface area contributed by atoms with Crippen molar-refractivity contribution in [3.8, 4) is 0 Å². The van der Waals surface area contributed by atoms with E-state index in [0.29, 0.717) is 13.2 Å². The van der Waals surface area contributed by atoms with Crippen molar-refractivity contribution in [3.05, 3.63) is 42.3 Å². The van der Waals surface area contributed by atoms with E-state index in [4.69, 9.17) is 13.9 Å². The van der Waals surface area contributed by atoms with Crippen molar-refractivity contribution < 1.29 is 18.5 Å². The van der Waals surface area contributed by atoms with Crippen LogP contribution in [-0.2, 0) is 16.0 Å². The number of benzene rings is 2. The largest absolute Gasteiger partial charge is 0.401 e. The minimum atomic E-state index is -0.167. The molecule has 4 rings (SSSR count). The average molecular weight is 312 g/mol. The second kappa shape index (κ2) is 5.32. The highest BCUT2D eigenvalue weighted by Crippen LogP contribution is 2.30. The van der Waals surface area contributed by atoms with Gasteiger partial charge in [-0.15, -0.1) is 0 Å². The van der Waals surface area contributed by atoms with Crippen LogP contribution in [0.2, 0.25) is 0 Å². The summed E-state index contributed by atoms with van der Waals surface area (Å²) >= 11 is 0. The van der Waals surface area contributed by atoms with E-state index >= 15 is 0 Å². The molecule has 0 spiro atoms. The first-order chi connectivity index (χ1) is 11.1. The van der Waals surface area contributed by atoms with Gasteiger partial charge in [-0.05, 0) is 25.3 Å². The van der Waals surface area contributed by atoms with Crippen LogP contribution < -0.4 is 4.57 Å². The number of fused-ring (bicyclic) bond motifs is 3. The normalized spacial score (nSPS) is 16.7. The highest BCUT2D eigenvalue weighted by Gasteiger charge is 2.39. The van der Waals surface area contributed by atoms with Crippen molar-refractivity contribution >= 4 is 21.9 Å². The van der Waals surface area contributed by atoms with Gasteiger partial charge in [0.05, 0.1) is 25.6 Å². The standard InChI is InChI=1S/C19H22NO3/c1-13-20(12-19(2,3)18-21-10-11-22-18)16-9-8-14-6-4-5-7-15(14)17(16)23-13/h4-9,18H,10-12H2,1-3H3/q+1. The van der Waals surface area contributed by atoms with Crippen LogP contribution >= 0.6 is 0 Å². The Hall–Kier alpha value is -1.91. The van der Waals surface area contributed by atoms with E-state index in [2.05, 4.69) is 48.7 Å². The van der Waals surface area contributed by atoms with Crippen molar-refractivity contribution in [2.75, 3.05) is 13.2 Å². The molecule has 0 radical (unpaired) electrons. The first kappa shape index (κ1) is 14.7. The maximum absolute atomic E-state index is 6.10. The lowest BCUT2D eigenvalue weighted by Gasteiger charge is -2.26. The lowest BCUT2D eigenvalue weighted by atomic mass is 9.92. The van der Waals surface area contributed by atoms with Gasteiger partial charge in [-0.2, -0.15) is 4.57 Å². The van der Waals surface area contributed by atoms with Crippen LogP contribution in [0, 0.1) is 12.3 Å². The van der Waals surface area contributed by atoms with Gasteiger partial charge < -0.3 is 13.9 Å². The second-order valence-electron chi connectivity index (χ2n) is 6.90. The SMILES string of the molecule is Cc1oc2c3ccccc3ccc2[n+]1CC(C)(C)C1OCCO1. The summed E-state index contributed by atoms with van der Waals surface area (Å²) < 4.78 is 19.8. The third-order valence-corrected chi connectivity index (χ3v) is 4.60. The fraction of sp³-hybridized carbons (Fsp3) is 0.421. The fourth-order valence-corrected chi connectivity index (χ4v) is 3.41. The topological polar surface area (TPSA) is 35.5 Å². The van der Waals surface area contributed by atoms with Gasteiger partial charge in [-0.3, -0.25) is 0 Å². The summed E-state index contributed by atoms with van der Waals surface area (Å²) in [7, 11) is 0. The van der Waals surface area contributed by atoms with Crippen LogP contribution in [0.1, 0.15) is 19.7 Å². The van der Waals surface area contributed by atoms with Gasteiger partial charge in [0, 0.05) is 11.5 Å². The molecule has 0 amide bonds. The molecule has 2 heterocycles. The molecule has 4 nitrogen and oxygen atoms in total. The molecule has 1 aliphatic rings. The second-order valence-corrected chi connectivity index (χ2v) is 6.90. The van der Waals surface area contributed by atoms with Crippen LogP contribution in [-0.4, -0.2) is 19.5 Å². The van der Waals surface area contributed by atoms with Gasteiger partial charge in [-0.1, -0.05) is 24.3 Å². The number of rotatable bonds is 3. The Morgan fingerprint density at radius 1 is 1.09 bits per heavy atom. The van der Waals surface area contributed by atoms with Gasteiger partial charge in [-0.25, -0.2) is 0 Å². The quantitative estimate of drug-likeness (QED) is 0.693. The number of aromatic nitrogens is 1. The first-order valence-corrected chi connectivity index (χ1v) is 8.10. The smallest absolute Gasteiger partial charge is 0.344 e. The number of aryl methyl sites for hydroxylation is 1. The molecule has 0 bridgehead atoms. The van der Waals surface area contributed by atoms with Crippen molar-refractivity contribution in [2.45, 2.75) is 33.6 Å². The molecule has 1 saturated heterocycles. The van der Waals surface area contributed by atoms with E-state index in [1.165, 1.54) is 5.39 Å². The summed E-state index contributed by atoms with van der Waals surface area (Å²) in [5.74, 6) is 0.905. The third kappa shape index (κ3) is 2.42. The molecule has 120 valence electrons. The monoisotopic (exact) mass is 312 g/mol. The summed E-state index contributed by atoms with van der Waals surface area (Å²) in [5, 5.41) is 2.35. The average Bonchev–Trinajstić information content (AvgIpc) is 3.17. The van der Waals surface area contributed by atoms with Gasteiger partial charge >= 0.3 is 5.89 Å². The molecular weight excluding hydrogens is 290 g/mol. The van der Waals surface area contributed by atoms with E-state index in [-0.39, 0.29) is 11.7 Å². The van der Waals surface area contributed by atoms with Gasteiger partial charge in [0.1, 0.15) is 0 Å². The minimum absolute atomic E-state index is 0.131. The zero-order valence-electron chi connectivity index (χ0n) is 13.8. The maximum atomic E-state index is 6.10. The number of hydrogen-bond donors (Lipinski definition) is 0. The van der Waals surface area contributed by atoms with E-state index in [1.807, 2.05) is 13.0 Å². The van der Waals surface area contributed by atoms with Crippen LogP contribution in [0.25, 0.3) is 21.9 Å². The van der Waals surface area contributed by atoms with E-state index in [1.54, 1.807) is 0 Å². The molecule has 1 aromatic heterocycles. The molecule has 1 aliphatic heterocycles. The van der Waals surface area contributed by atoms with E-state index in [0.717, 1.165) is 28.9 Å². The fourth-order valence-electron chi connectivity index (χ4n) is 3.41. The Bertz CT molecular complexity index is 860. The van der Waals surface area contributed by atoms with Gasteiger partial charge in [0.25, 0.3) is 5.52 Å². The first-order valence-electron chi connectivity index (χ1n) is 8.10. The highest BCUT2D eigenvalue weighted by molar-refractivity contribution is 6.01. The molecule has 1 fully saturated rings. The van der Waals surface area contributed by atoms with Crippen molar-refractivity contribution in [3.63, 3.8) is 0 Å². The summed E-state index contributed by atoms with van der Waals surface area (Å²) in [5.41, 5.74) is 1.94. The Morgan fingerprint density at radius 3 is 2.61 bits per heavy atom. The van der Waals surface area contributed by atoms with Gasteiger partial charge in [0.15, 0.2) is 12.8 Å². The zero-order valence-corrected chi connectivity index (χ0v) is 13.8. The molecular formula is C19H22NO3+. The van der Waals surface area contributed by atoms with Crippen LogP contribution in [0.3, 0.4) is 0 Å². The predicted octanol–water partition coefficient (Wildman–Crippen LogP) is 3.58. The molecule has 23 heavy (non-hydrogen) atoms. The minimum Gasteiger partial charge on any atom is -0.401 e. The Kier molecular flexibility index (Phi) is 3.39.